The molecule has 2 N–H and O–H groups in total. The van der Waals surface area contributed by atoms with E-state index in [1.165, 1.54) is 13.8 Å². The number of aromatic nitrogens is 7. The zero-order chi connectivity index (χ0) is 22.0. The fraction of sp³-hybridized carbons (Fsp3) is 0.200. The van der Waals surface area contributed by atoms with E-state index < -0.39 is 11.2 Å². The van der Waals surface area contributed by atoms with E-state index in [2.05, 4.69) is 10.1 Å². The number of fused-ring (bicyclic) bond motifs is 2. The molecule has 0 saturated heterocycles. The summed E-state index contributed by atoms with van der Waals surface area (Å²) in [6.45, 7) is 0.106. The highest BCUT2D eigenvalue weighted by molar-refractivity contribution is 6.31. The van der Waals surface area contributed by atoms with Crippen molar-refractivity contribution >= 4 is 39.5 Å². The molecular weight excluding hydrogens is 420 g/mol. The van der Waals surface area contributed by atoms with Crippen molar-refractivity contribution in [2.75, 3.05) is 5.73 Å². The molecule has 0 spiro atoms. The third-order valence-corrected chi connectivity index (χ3v) is 5.86. The summed E-state index contributed by atoms with van der Waals surface area (Å²) in [5.74, 6) is 0.722. The fourth-order valence-electron chi connectivity index (χ4n) is 3.93. The molecule has 31 heavy (non-hydrogen) atoms. The number of hydrogen-bond acceptors (Lipinski definition) is 5. The summed E-state index contributed by atoms with van der Waals surface area (Å²) in [5.41, 5.74) is 7.37. The van der Waals surface area contributed by atoms with Gasteiger partial charge in [0, 0.05) is 48.8 Å². The van der Waals surface area contributed by atoms with E-state index >= 15 is 0 Å². The van der Waals surface area contributed by atoms with Gasteiger partial charge in [0.2, 0.25) is 5.95 Å². The Balaban J connectivity index is 1.73. The van der Waals surface area contributed by atoms with Crippen molar-refractivity contribution in [3.05, 3.63) is 68.1 Å². The number of rotatable bonds is 3. The maximum absolute atomic E-state index is 13.4. The van der Waals surface area contributed by atoms with Crippen LogP contribution in [0.3, 0.4) is 0 Å². The van der Waals surface area contributed by atoms with E-state index in [-0.39, 0.29) is 17.7 Å². The Morgan fingerprint density at radius 2 is 1.81 bits per heavy atom. The summed E-state index contributed by atoms with van der Waals surface area (Å²) >= 11 is 6.11. The molecule has 4 heterocycles. The van der Waals surface area contributed by atoms with E-state index in [9.17, 15) is 9.59 Å². The molecule has 0 amide bonds. The van der Waals surface area contributed by atoms with Gasteiger partial charge < -0.3 is 14.9 Å². The molecule has 0 saturated carbocycles. The molecule has 0 aliphatic carbocycles. The quantitative estimate of drug-likeness (QED) is 0.457. The van der Waals surface area contributed by atoms with Gasteiger partial charge >= 0.3 is 5.69 Å². The first-order valence-corrected chi connectivity index (χ1v) is 9.85. The van der Waals surface area contributed by atoms with Crippen molar-refractivity contribution in [3.63, 3.8) is 0 Å². The average Bonchev–Trinajstić information content (AvgIpc) is 3.39. The van der Waals surface area contributed by atoms with Crippen molar-refractivity contribution in [3.8, 4) is 5.95 Å². The number of anilines is 1. The van der Waals surface area contributed by atoms with Gasteiger partial charge in [-0.05, 0) is 24.3 Å². The summed E-state index contributed by atoms with van der Waals surface area (Å²) in [4.78, 5) is 30.9. The summed E-state index contributed by atoms with van der Waals surface area (Å²) in [6, 6.07) is 9.13. The molecule has 0 fully saturated rings. The first kappa shape index (κ1) is 19.2. The predicted molar refractivity (Wildman–Crippen MR) is 119 cm³/mol. The lowest BCUT2D eigenvalue weighted by Gasteiger charge is -2.10. The molecule has 0 aliphatic heterocycles. The van der Waals surface area contributed by atoms with Crippen LogP contribution in [0.4, 0.5) is 5.82 Å². The molecule has 0 unspecified atom stereocenters. The third kappa shape index (κ3) is 2.72. The smallest absolute Gasteiger partial charge is 0.332 e. The molecule has 11 heteroatoms. The molecule has 158 valence electrons. The minimum Gasteiger partial charge on any atom is -0.383 e. The Kier molecular flexibility index (Phi) is 4.09. The maximum atomic E-state index is 13.4. The zero-order valence-electron chi connectivity index (χ0n) is 17.1. The largest absolute Gasteiger partial charge is 0.383 e. The third-order valence-electron chi connectivity index (χ3n) is 5.62. The van der Waals surface area contributed by atoms with Crippen LogP contribution in [-0.2, 0) is 27.7 Å². The second kappa shape index (κ2) is 6.61. The van der Waals surface area contributed by atoms with Crippen LogP contribution in [0.15, 0.2) is 46.1 Å². The van der Waals surface area contributed by atoms with Crippen LogP contribution in [-0.4, -0.2) is 33.0 Å². The minimum absolute atomic E-state index is 0.106. The van der Waals surface area contributed by atoms with Crippen molar-refractivity contribution in [1.82, 2.24) is 33.0 Å². The minimum atomic E-state index is -0.459. The Hall–Kier alpha value is -3.79. The van der Waals surface area contributed by atoms with Gasteiger partial charge in [-0.3, -0.25) is 13.9 Å². The zero-order valence-corrected chi connectivity index (χ0v) is 17.8. The number of imidazole rings is 1. The van der Waals surface area contributed by atoms with Crippen LogP contribution in [0.1, 0.15) is 5.69 Å². The molecule has 0 radical (unpaired) electrons. The SMILES string of the molecule is Cn1c(Cn2c(=O)c3c(nc(-n4nccc4N)n3C)n(C)c2=O)cc2cc(Cl)ccc21. The fourth-order valence-corrected chi connectivity index (χ4v) is 4.11. The summed E-state index contributed by atoms with van der Waals surface area (Å²) in [6.07, 6.45) is 1.54. The van der Waals surface area contributed by atoms with Gasteiger partial charge in [-0.25, -0.2) is 4.79 Å². The lowest BCUT2D eigenvalue weighted by molar-refractivity contribution is 0.632. The van der Waals surface area contributed by atoms with E-state index in [1.807, 2.05) is 35.9 Å². The molecule has 0 bridgehead atoms. The lowest BCUT2D eigenvalue weighted by Crippen LogP contribution is -2.40. The molecule has 4 aromatic heterocycles. The van der Waals surface area contributed by atoms with Gasteiger partial charge in [0.15, 0.2) is 11.2 Å². The summed E-state index contributed by atoms with van der Waals surface area (Å²) in [5, 5.41) is 5.72. The molecule has 0 aliphatic rings. The summed E-state index contributed by atoms with van der Waals surface area (Å²) in [7, 11) is 5.17. The van der Waals surface area contributed by atoms with Crippen LogP contribution in [0.2, 0.25) is 5.02 Å². The summed E-state index contributed by atoms with van der Waals surface area (Å²) < 4.78 is 7.52. The number of nitrogen functional groups attached to an aromatic ring is 1. The van der Waals surface area contributed by atoms with Gasteiger partial charge in [0.05, 0.1) is 12.7 Å². The Bertz CT molecular complexity index is 1610. The van der Waals surface area contributed by atoms with Crippen molar-refractivity contribution in [1.29, 1.82) is 0 Å². The van der Waals surface area contributed by atoms with Crippen molar-refractivity contribution < 1.29 is 0 Å². The Morgan fingerprint density at radius 1 is 1.03 bits per heavy atom. The van der Waals surface area contributed by atoms with E-state index in [4.69, 9.17) is 17.3 Å². The van der Waals surface area contributed by atoms with E-state index in [0.717, 1.165) is 16.6 Å². The molecule has 10 nitrogen and oxygen atoms in total. The highest BCUT2D eigenvalue weighted by Gasteiger charge is 2.21. The first-order valence-electron chi connectivity index (χ1n) is 9.48. The molecule has 5 rings (SSSR count). The van der Waals surface area contributed by atoms with Gasteiger partial charge in [0.25, 0.3) is 5.56 Å². The van der Waals surface area contributed by atoms with E-state index in [0.29, 0.717) is 16.8 Å². The second-order valence-corrected chi connectivity index (χ2v) is 7.88. The van der Waals surface area contributed by atoms with Gasteiger partial charge in [-0.2, -0.15) is 14.8 Å². The number of nitrogens with zero attached hydrogens (tertiary/aromatic N) is 7. The Morgan fingerprint density at radius 3 is 2.52 bits per heavy atom. The second-order valence-electron chi connectivity index (χ2n) is 7.44. The number of benzene rings is 1. The normalized spacial score (nSPS) is 11.7. The van der Waals surface area contributed by atoms with Gasteiger partial charge in [-0.1, -0.05) is 11.6 Å². The highest BCUT2D eigenvalue weighted by atomic mass is 35.5. The monoisotopic (exact) mass is 438 g/mol. The first-order chi connectivity index (χ1) is 14.8. The van der Waals surface area contributed by atoms with Gasteiger partial charge in [0.1, 0.15) is 5.82 Å². The number of nitrogens with two attached hydrogens (primary N) is 1. The number of hydrogen-bond donors (Lipinski definition) is 1. The molecular formula is C20H19ClN8O2. The molecule has 5 aromatic rings. The lowest BCUT2D eigenvalue weighted by atomic mass is 10.2. The topological polar surface area (TPSA) is 111 Å². The Labute approximate surface area is 180 Å². The van der Waals surface area contributed by atoms with Gasteiger partial charge in [-0.15, -0.1) is 0 Å². The van der Waals surface area contributed by atoms with Crippen molar-refractivity contribution in [2.24, 2.45) is 21.1 Å². The van der Waals surface area contributed by atoms with Crippen LogP contribution in [0.5, 0.6) is 0 Å². The predicted octanol–water partition coefficient (Wildman–Crippen LogP) is 1.39. The van der Waals surface area contributed by atoms with Crippen molar-refractivity contribution in [2.45, 2.75) is 6.54 Å². The highest BCUT2D eigenvalue weighted by Crippen LogP contribution is 2.23. The van der Waals surface area contributed by atoms with E-state index in [1.54, 1.807) is 30.9 Å². The molecule has 0 atom stereocenters. The number of aryl methyl sites for hydroxylation is 3. The maximum Gasteiger partial charge on any atom is 0.332 e. The number of halogens is 1. The standard InChI is InChI=1S/C20H19ClN8O2/c1-25-13(9-11-8-12(21)4-5-14(11)25)10-28-18(30)16-17(27(3)20(28)31)24-19(26(16)2)29-15(22)6-7-23-29/h4-9H,10,22H2,1-3H3. The van der Waals surface area contributed by atoms with Crippen LogP contribution < -0.4 is 17.0 Å². The average molecular weight is 439 g/mol. The van der Waals surface area contributed by atoms with Crippen LogP contribution >= 0.6 is 11.6 Å². The van der Waals surface area contributed by atoms with Crippen LogP contribution in [0.25, 0.3) is 28.0 Å². The van der Waals surface area contributed by atoms with Crippen LogP contribution in [0, 0.1) is 0 Å². The molecule has 1 aromatic carbocycles.